The Hall–Kier alpha value is -3.34. The van der Waals surface area contributed by atoms with Crippen LogP contribution in [0.5, 0.6) is 11.5 Å². The zero-order valence-electron chi connectivity index (χ0n) is 21.4. The molecule has 0 aliphatic carbocycles. The van der Waals surface area contributed by atoms with Crippen molar-refractivity contribution in [1.29, 1.82) is 0 Å². The Morgan fingerprint density at radius 2 is 1.53 bits per heavy atom. The van der Waals surface area contributed by atoms with Gasteiger partial charge < -0.3 is 34.5 Å². The number of hydrogen-bond acceptors (Lipinski definition) is 10. The molecule has 1 unspecified atom stereocenters. The fraction of sp³-hybridized carbons (Fsp3) is 0.600. The van der Waals surface area contributed by atoms with Crippen molar-refractivity contribution in [3.63, 3.8) is 0 Å². The number of unbranched alkanes of at least 4 members (excludes halogenated alkanes) is 1. The molecule has 0 radical (unpaired) electrons. The van der Waals surface area contributed by atoms with Gasteiger partial charge in [0.1, 0.15) is 11.6 Å². The van der Waals surface area contributed by atoms with Gasteiger partial charge in [0.2, 0.25) is 0 Å². The van der Waals surface area contributed by atoms with Crippen molar-refractivity contribution >= 4 is 24.2 Å². The molecule has 0 aliphatic heterocycles. The van der Waals surface area contributed by atoms with Crippen LogP contribution in [0.4, 0.5) is 9.59 Å². The number of benzene rings is 1. The number of esters is 1. The minimum atomic E-state index is -1.80. The van der Waals surface area contributed by atoms with Gasteiger partial charge in [-0.25, -0.2) is 9.59 Å². The van der Waals surface area contributed by atoms with Crippen molar-refractivity contribution < 1.29 is 48.0 Å². The van der Waals surface area contributed by atoms with Gasteiger partial charge in [-0.1, -0.05) is 33.3 Å². The minimum Gasteiger partial charge on any atom is -0.480 e. The molecular weight excluding hydrogens is 474 g/mol. The van der Waals surface area contributed by atoms with Crippen LogP contribution >= 0.6 is 0 Å². The molecule has 2 atom stereocenters. The van der Waals surface area contributed by atoms with E-state index >= 15 is 0 Å². The molecule has 1 aromatic carbocycles. The molecule has 1 aromatic rings. The SMILES string of the molecule is CCCCC(=O)O[C@@H](C)CC(N)(Cc1ccc(OC(=O)OCCC)c(OC(=O)OCCC)c1)C(=O)O. The number of carboxylic acid groups (broad SMARTS) is 1. The van der Waals surface area contributed by atoms with Crippen LogP contribution in [0.25, 0.3) is 0 Å². The molecule has 0 saturated heterocycles. The van der Waals surface area contributed by atoms with E-state index in [1.54, 1.807) is 13.8 Å². The van der Waals surface area contributed by atoms with E-state index in [9.17, 15) is 24.3 Å². The zero-order chi connectivity index (χ0) is 27.1. The lowest BCUT2D eigenvalue weighted by Gasteiger charge is -2.28. The smallest absolute Gasteiger partial charge is 0.480 e. The van der Waals surface area contributed by atoms with Gasteiger partial charge >= 0.3 is 24.2 Å². The van der Waals surface area contributed by atoms with E-state index < -0.39 is 35.9 Å². The van der Waals surface area contributed by atoms with Crippen molar-refractivity contribution in [2.45, 2.75) is 84.3 Å². The Labute approximate surface area is 211 Å². The molecule has 0 heterocycles. The average molecular weight is 512 g/mol. The van der Waals surface area contributed by atoms with Gasteiger partial charge in [-0.15, -0.1) is 0 Å². The van der Waals surface area contributed by atoms with Gasteiger partial charge in [-0.3, -0.25) is 9.59 Å². The number of ether oxygens (including phenoxy) is 5. The molecule has 0 fully saturated rings. The second-order valence-corrected chi connectivity index (χ2v) is 8.43. The number of carboxylic acids is 1. The van der Waals surface area contributed by atoms with Crippen LogP contribution in [0.15, 0.2) is 18.2 Å². The van der Waals surface area contributed by atoms with Crippen molar-refractivity contribution in [2.24, 2.45) is 5.73 Å². The van der Waals surface area contributed by atoms with Crippen LogP contribution in [-0.2, 0) is 30.2 Å². The highest BCUT2D eigenvalue weighted by Crippen LogP contribution is 2.31. The summed E-state index contributed by atoms with van der Waals surface area (Å²) in [6, 6.07) is 4.15. The van der Waals surface area contributed by atoms with E-state index in [0.29, 0.717) is 24.8 Å². The molecule has 0 saturated carbocycles. The number of rotatable bonds is 15. The highest BCUT2D eigenvalue weighted by Gasteiger charge is 2.37. The van der Waals surface area contributed by atoms with Gasteiger partial charge in [0.05, 0.1) is 13.2 Å². The van der Waals surface area contributed by atoms with Gasteiger partial charge in [-0.2, -0.15) is 0 Å². The molecule has 0 aromatic heterocycles. The fourth-order valence-corrected chi connectivity index (χ4v) is 3.19. The summed E-state index contributed by atoms with van der Waals surface area (Å²) in [5.74, 6) is -2.01. The Morgan fingerprint density at radius 1 is 0.944 bits per heavy atom. The van der Waals surface area contributed by atoms with E-state index in [4.69, 9.17) is 29.4 Å². The molecule has 0 spiro atoms. The number of nitrogens with two attached hydrogens (primary N) is 1. The minimum absolute atomic E-state index is 0.118. The summed E-state index contributed by atoms with van der Waals surface area (Å²) >= 11 is 0. The van der Waals surface area contributed by atoms with Gasteiger partial charge in [0, 0.05) is 19.3 Å². The second-order valence-electron chi connectivity index (χ2n) is 8.43. The summed E-state index contributed by atoms with van der Waals surface area (Å²) in [6.07, 6.45) is -0.226. The molecule has 0 aliphatic rings. The van der Waals surface area contributed by atoms with E-state index in [2.05, 4.69) is 0 Å². The summed E-state index contributed by atoms with van der Waals surface area (Å²) in [7, 11) is 0. The largest absolute Gasteiger partial charge is 0.513 e. The lowest BCUT2D eigenvalue weighted by Crippen LogP contribution is -2.52. The zero-order valence-corrected chi connectivity index (χ0v) is 21.4. The van der Waals surface area contributed by atoms with Gasteiger partial charge in [0.15, 0.2) is 11.5 Å². The topological polar surface area (TPSA) is 161 Å². The van der Waals surface area contributed by atoms with E-state index in [0.717, 1.165) is 6.42 Å². The third-order valence-electron chi connectivity index (χ3n) is 4.91. The standard InChI is InChI=1S/C25H37NO10/c1-5-8-9-21(27)34-17(4)15-25(26,22(28)29)16-18-10-11-19(35-23(30)32-12-6-2)20(14-18)36-24(31)33-13-7-3/h10-11,14,17H,5-9,12-13,15-16,26H2,1-4H3,(H,28,29)/t17-,25?/m0/s1. The third-order valence-corrected chi connectivity index (χ3v) is 4.91. The highest BCUT2D eigenvalue weighted by molar-refractivity contribution is 5.79. The predicted molar refractivity (Wildman–Crippen MR) is 129 cm³/mol. The van der Waals surface area contributed by atoms with Crippen LogP contribution in [-0.4, -0.2) is 54.2 Å². The quantitative estimate of drug-likeness (QED) is 0.195. The maximum Gasteiger partial charge on any atom is 0.513 e. The van der Waals surface area contributed by atoms with Crippen molar-refractivity contribution in [3.05, 3.63) is 23.8 Å². The number of carbonyl (C=O) groups is 4. The predicted octanol–water partition coefficient (Wildman–Crippen LogP) is 4.37. The van der Waals surface area contributed by atoms with Crippen LogP contribution in [0.1, 0.15) is 71.8 Å². The van der Waals surface area contributed by atoms with E-state index in [-0.39, 0.29) is 44.0 Å². The van der Waals surface area contributed by atoms with Crippen LogP contribution in [0.3, 0.4) is 0 Å². The lowest BCUT2D eigenvalue weighted by atomic mass is 9.86. The monoisotopic (exact) mass is 511 g/mol. The first-order chi connectivity index (χ1) is 17.0. The Kier molecular flexibility index (Phi) is 13.3. The molecule has 202 valence electrons. The average Bonchev–Trinajstić information content (AvgIpc) is 2.81. The first kappa shape index (κ1) is 30.7. The Morgan fingerprint density at radius 3 is 2.06 bits per heavy atom. The number of hydrogen-bond donors (Lipinski definition) is 2. The first-order valence-electron chi connectivity index (χ1n) is 12.1. The molecule has 36 heavy (non-hydrogen) atoms. The molecule has 0 amide bonds. The highest BCUT2D eigenvalue weighted by atomic mass is 16.7. The van der Waals surface area contributed by atoms with E-state index in [1.807, 2.05) is 13.8 Å². The van der Waals surface area contributed by atoms with Gasteiger partial charge in [0.25, 0.3) is 0 Å². The maximum absolute atomic E-state index is 12.1. The molecule has 3 N–H and O–H groups in total. The lowest BCUT2D eigenvalue weighted by molar-refractivity contribution is -0.153. The van der Waals surface area contributed by atoms with Gasteiger partial charge in [-0.05, 0) is 43.9 Å². The Balaban J connectivity index is 3.11. The summed E-state index contributed by atoms with van der Waals surface area (Å²) < 4.78 is 25.4. The van der Waals surface area contributed by atoms with Crippen LogP contribution < -0.4 is 15.2 Å². The number of carbonyl (C=O) groups excluding carboxylic acids is 3. The Bertz CT molecular complexity index is 888. The molecular formula is C25H37NO10. The third kappa shape index (κ3) is 10.9. The first-order valence-corrected chi connectivity index (χ1v) is 12.1. The van der Waals surface area contributed by atoms with Crippen LogP contribution in [0, 0.1) is 0 Å². The molecule has 11 heteroatoms. The molecule has 11 nitrogen and oxygen atoms in total. The van der Waals surface area contributed by atoms with Crippen molar-refractivity contribution in [3.8, 4) is 11.5 Å². The summed E-state index contributed by atoms with van der Waals surface area (Å²) in [5.41, 5.74) is 4.79. The van der Waals surface area contributed by atoms with E-state index in [1.165, 1.54) is 18.2 Å². The normalized spacial score (nSPS) is 13.1. The van der Waals surface area contributed by atoms with Crippen LogP contribution in [0.2, 0.25) is 0 Å². The van der Waals surface area contributed by atoms with Crippen molar-refractivity contribution in [1.82, 2.24) is 0 Å². The van der Waals surface area contributed by atoms with Crippen molar-refractivity contribution in [2.75, 3.05) is 13.2 Å². The summed E-state index contributed by atoms with van der Waals surface area (Å²) in [5, 5.41) is 9.83. The second kappa shape index (κ2) is 15.6. The molecule has 1 rings (SSSR count). The maximum atomic E-state index is 12.1. The fourth-order valence-electron chi connectivity index (χ4n) is 3.19. The summed E-state index contributed by atoms with van der Waals surface area (Å²) in [6.45, 7) is 7.40. The summed E-state index contributed by atoms with van der Waals surface area (Å²) in [4.78, 5) is 47.9. The molecule has 0 bridgehead atoms. The number of aliphatic carboxylic acids is 1.